The van der Waals surface area contributed by atoms with E-state index < -0.39 is 11.9 Å². The van der Waals surface area contributed by atoms with Crippen LogP contribution in [0.15, 0.2) is 85.0 Å². The van der Waals surface area contributed by atoms with Crippen molar-refractivity contribution in [2.75, 3.05) is 0 Å². The number of hydrogen-bond acceptors (Lipinski definition) is 4. The van der Waals surface area contributed by atoms with Crippen LogP contribution in [0.25, 0.3) is 11.1 Å². The fourth-order valence-electron chi connectivity index (χ4n) is 5.06. The van der Waals surface area contributed by atoms with Gasteiger partial charge in [-0.2, -0.15) is 0 Å². The highest BCUT2D eigenvalue weighted by molar-refractivity contribution is 5.89. The van der Waals surface area contributed by atoms with Crippen LogP contribution in [0, 0.1) is 17.6 Å². The normalized spacial score (nSPS) is 16.7. The zero-order valence-corrected chi connectivity index (χ0v) is 23.0. The number of hydrogen-bond donors (Lipinski definition) is 0. The van der Waals surface area contributed by atoms with Crippen LogP contribution >= 0.6 is 0 Å². The molecule has 1 fully saturated rings. The lowest BCUT2D eigenvalue weighted by molar-refractivity contribution is -0.130. The standard InChI is InChI=1S/C34H34F2O4/c1-21(2)33(37)39-28-15-13-24(14-16-28)27-12-11-26(31(35)19-27)10-7-23-5-8-25(9-6-23)30-18-17-29(20-32(30)36)40-34(38)22(3)4/h11-20,23,25H,1,3,5-10H2,2,4H3. The minimum Gasteiger partial charge on any atom is -0.423 e. The lowest BCUT2D eigenvalue weighted by atomic mass is 9.76. The van der Waals surface area contributed by atoms with Gasteiger partial charge in [0.05, 0.1) is 0 Å². The van der Waals surface area contributed by atoms with Crippen LogP contribution in [0.3, 0.4) is 0 Å². The summed E-state index contributed by atoms with van der Waals surface area (Å²) in [5, 5.41) is 0. The number of rotatable bonds is 9. The monoisotopic (exact) mass is 544 g/mol. The molecule has 1 aliphatic rings. The number of ether oxygens (including phenoxy) is 2. The Morgan fingerprint density at radius 1 is 0.750 bits per heavy atom. The van der Waals surface area contributed by atoms with Crippen LogP contribution in [0.4, 0.5) is 8.78 Å². The summed E-state index contributed by atoms with van der Waals surface area (Å²) in [5.41, 5.74) is 3.49. The van der Waals surface area contributed by atoms with E-state index in [1.165, 1.54) is 6.07 Å². The van der Waals surface area contributed by atoms with Crippen molar-refractivity contribution in [3.8, 4) is 22.6 Å². The fraction of sp³-hybridized carbons (Fsp3) is 0.294. The van der Waals surface area contributed by atoms with E-state index in [0.29, 0.717) is 34.8 Å². The molecule has 0 unspecified atom stereocenters. The van der Waals surface area contributed by atoms with Gasteiger partial charge in [-0.3, -0.25) is 0 Å². The topological polar surface area (TPSA) is 52.6 Å². The first-order chi connectivity index (χ1) is 19.1. The Labute approximate surface area is 234 Å². The summed E-state index contributed by atoms with van der Waals surface area (Å²) in [6.45, 7) is 10.2. The summed E-state index contributed by atoms with van der Waals surface area (Å²) in [6, 6.07) is 16.8. The molecule has 3 aromatic carbocycles. The van der Waals surface area contributed by atoms with Crippen LogP contribution in [0.5, 0.6) is 11.5 Å². The lowest BCUT2D eigenvalue weighted by Gasteiger charge is -2.29. The van der Waals surface area contributed by atoms with Crippen LogP contribution in [-0.4, -0.2) is 11.9 Å². The van der Waals surface area contributed by atoms with Crippen LogP contribution < -0.4 is 9.47 Å². The highest BCUT2D eigenvalue weighted by Gasteiger charge is 2.25. The second kappa shape index (κ2) is 12.9. The van der Waals surface area contributed by atoms with E-state index in [9.17, 15) is 18.4 Å². The average Bonchev–Trinajstić information content (AvgIpc) is 2.93. The molecule has 0 aliphatic heterocycles. The van der Waals surface area contributed by atoms with Crippen molar-refractivity contribution in [1.29, 1.82) is 0 Å². The van der Waals surface area contributed by atoms with Gasteiger partial charge in [-0.1, -0.05) is 43.5 Å². The Balaban J connectivity index is 1.28. The van der Waals surface area contributed by atoms with E-state index >= 15 is 0 Å². The Kier molecular flexibility index (Phi) is 9.30. The van der Waals surface area contributed by atoms with Crippen molar-refractivity contribution in [3.05, 3.63) is 108 Å². The van der Waals surface area contributed by atoms with Gasteiger partial charge < -0.3 is 9.47 Å². The quantitative estimate of drug-likeness (QED) is 0.154. The Hall–Kier alpha value is -4.06. The molecule has 0 aromatic heterocycles. The predicted molar refractivity (Wildman–Crippen MR) is 152 cm³/mol. The zero-order valence-electron chi connectivity index (χ0n) is 23.0. The van der Waals surface area contributed by atoms with Crippen LogP contribution in [0.1, 0.15) is 63.0 Å². The van der Waals surface area contributed by atoms with Gasteiger partial charge >= 0.3 is 11.9 Å². The Bertz CT molecular complexity index is 1420. The summed E-state index contributed by atoms with van der Waals surface area (Å²) in [5.74, 6) is -0.488. The van der Waals surface area contributed by atoms with Gasteiger partial charge in [0.2, 0.25) is 0 Å². The van der Waals surface area contributed by atoms with Gasteiger partial charge in [0.25, 0.3) is 0 Å². The first-order valence-corrected chi connectivity index (χ1v) is 13.5. The van der Waals surface area contributed by atoms with Gasteiger partial charge in [0.15, 0.2) is 0 Å². The maximum absolute atomic E-state index is 15.0. The van der Waals surface area contributed by atoms with Gasteiger partial charge in [0.1, 0.15) is 23.1 Å². The van der Waals surface area contributed by atoms with Crippen molar-refractivity contribution < 1.29 is 27.8 Å². The molecule has 0 saturated heterocycles. The van der Waals surface area contributed by atoms with E-state index in [1.807, 2.05) is 12.1 Å². The maximum Gasteiger partial charge on any atom is 0.338 e. The van der Waals surface area contributed by atoms with Crippen molar-refractivity contribution >= 4 is 11.9 Å². The molecule has 0 radical (unpaired) electrons. The third kappa shape index (κ3) is 7.32. The molecule has 3 aromatic rings. The summed E-state index contributed by atoms with van der Waals surface area (Å²) in [7, 11) is 0. The summed E-state index contributed by atoms with van der Waals surface area (Å²) < 4.78 is 40.1. The SMILES string of the molecule is C=C(C)C(=O)Oc1ccc(-c2ccc(CCC3CCC(c4ccc(OC(=O)C(=C)C)cc4F)CC3)c(F)c2)cc1. The maximum atomic E-state index is 15.0. The Morgan fingerprint density at radius 2 is 1.32 bits per heavy atom. The first-order valence-electron chi connectivity index (χ1n) is 13.5. The number of halogens is 2. The van der Waals surface area contributed by atoms with Crippen molar-refractivity contribution in [1.82, 2.24) is 0 Å². The third-order valence-electron chi connectivity index (χ3n) is 7.44. The van der Waals surface area contributed by atoms with Gasteiger partial charge in [-0.25, -0.2) is 18.4 Å². The van der Waals surface area contributed by atoms with Crippen molar-refractivity contribution in [3.63, 3.8) is 0 Å². The second-order valence-corrected chi connectivity index (χ2v) is 10.6. The molecular formula is C34H34F2O4. The minimum atomic E-state index is -0.573. The Morgan fingerprint density at radius 3 is 1.90 bits per heavy atom. The molecule has 1 aliphatic carbocycles. The van der Waals surface area contributed by atoms with E-state index in [-0.39, 0.29) is 28.9 Å². The third-order valence-corrected chi connectivity index (χ3v) is 7.44. The summed E-state index contributed by atoms with van der Waals surface area (Å²) in [4.78, 5) is 23.4. The minimum absolute atomic E-state index is 0.119. The molecule has 0 amide bonds. The second-order valence-electron chi connectivity index (χ2n) is 10.6. The van der Waals surface area contributed by atoms with Crippen LogP contribution in [0.2, 0.25) is 0 Å². The molecule has 0 spiro atoms. The van der Waals surface area contributed by atoms with E-state index in [2.05, 4.69) is 13.2 Å². The highest BCUT2D eigenvalue weighted by Crippen LogP contribution is 2.39. The number of carbonyl (C=O) groups is 2. The van der Waals surface area contributed by atoms with Gasteiger partial charge in [-0.05, 0) is 111 Å². The molecular weight excluding hydrogens is 510 g/mol. The molecule has 0 atom stereocenters. The molecule has 0 heterocycles. The van der Waals surface area contributed by atoms with Gasteiger partial charge in [0, 0.05) is 17.2 Å². The van der Waals surface area contributed by atoms with Crippen molar-refractivity contribution in [2.45, 2.75) is 58.3 Å². The van der Waals surface area contributed by atoms with Crippen molar-refractivity contribution in [2.24, 2.45) is 5.92 Å². The van der Waals surface area contributed by atoms with Gasteiger partial charge in [-0.15, -0.1) is 0 Å². The average molecular weight is 545 g/mol. The molecule has 0 N–H and O–H groups in total. The molecule has 4 rings (SSSR count). The smallest absolute Gasteiger partial charge is 0.338 e. The lowest BCUT2D eigenvalue weighted by Crippen LogP contribution is -2.15. The molecule has 1 saturated carbocycles. The largest absolute Gasteiger partial charge is 0.423 e. The molecule has 4 nitrogen and oxygen atoms in total. The highest BCUT2D eigenvalue weighted by atomic mass is 19.1. The van der Waals surface area contributed by atoms with E-state index in [0.717, 1.165) is 43.2 Å². The molecule has 40 heavy (non-hydrogen) atoms. The predicted octanol–water partition coefficient (Wildman–Crippen LogP) is 8.50. The number of benzene rings is 3. The zero-order chi connectivity index (χ0) is 28.8. The molecule has 0 bridgehead atoms. The summed E-state index contributed by atoms with van der Waals surface area (Å²) >= 11 is 0. The van der Waals surface area contributed by atoms with Crippen LogP contribution in [-0.2, 0) is 16.0 Å². The number of esters is 2. The summed E-state index contributed by atoms with van der Waals surface area (Å²) in [6.07, 6.45) is 5.17. The molecule has 208 valence electrons. The van der Waals surface area contributed by atoms with E-state index in [1.54, 1.807) is 56.3 Å². The first kappa shape index (κ1) is 28.9. The van der Waals surface area contributed by atoms with E-state index in [4.69, 9.17) is 9.47 Å². The number of aryl methyl sites for hydroxylation is 1. The fourth-order valence-corrected chi connectivity index (χ4v) is 5.06. The molecule has 6 heteroatoms. The number of carbonyl (C=O) groups excluding carboxylic acids is 2.